The Morgan fingerprint density at radius 3 is 1.26 bits per heavy atom. The Kier molecular flexibility index (Phi) is 5.19. The molecule has 6 heteroatoms. The van der Waals surface area contributed by atoms with E-state index in [4.69, 9.17) is 0 Å². The van der Waals surface area contributed by atoms with Gasteiger partial charge in [0.25, 0.3) is 8.24 Å². The van der Waals surface area contributed by atoms with Gasteiger partial charge >= 0.3 is 12.1 Å². The topological polar surface area (TPSA) is 20.3 Å². The molecule has 0 saturated heterocycles. The Hall–Kier alpha value is -2.86. The summed E-state index contributed by atoms with van der Waals surface area (Å²) >= 11 is 0. The van der Waals surface area contributed by atoms with E-state index in [2.05, 4.69) is 0 Å². The van der Waals surface area contributed by atoms with Gasteiger partial charge in [-0.1, -0.05) is 91.0 Å². The fraction of sp³-hybridized carbons (Fsp3) is 0.0952. The first-order chi connectivity index (χ1) is 12.9. The maximum atomic E-state index is 13.4. The zero-order valence-electron chi connectivity index (χ0n) is 14.6. The third-order valence-electron chi connectivity index (χ3n) is 4.62. The summed E-state index contributed by atoms with van der Waals surface area (Å²) < 4.78 is 41.1. The van der Waals surface area contributed by atoms with Crippen LogP contribution in [0.5, 0.6) is 0 Å². The molecule has 0 spiro atoms. The van der Waals surface area contributed by atoms with Gasteiger partial charge in [0, 0.05) is 7.05 Å². The fourth-order valence-corrected chi connectivity index (χ4v) is 8.08. The molecule has 0 aliphatic carbocycles. The maximum Gasteiger partial charge on any atom is 0.470 e. The number of halogens is 3. The Bertz CT molecular complexity index is 802. The molecular weight excluding hydrogens is 367 g/mol. The summed E-state index contributed by atoms with van der Waals surface area (Å²) in [5.74, 6) is -1.84. The minimum Gasteiger partial charge on any atom is -0.352 e. The van der Waals surface area contributed by atoms with Gasteiger partial charge in [-0.25, -0.2) is 0 Å². The Morgan fingerprint density at radius 1 is 0.704 bits per heavy atom. The van der Waals surface area contributed by atoms with Crippen LogP contribution >= 0.6 is 0 Å². The highest BCUT2D eigenvalue weighted by atomic mass is 28.3. The molecule has 0 saturated carbocycles. The lowest BCUT2D eigenvalue weighted by atomic mass is 10.3. The molecule has 27 heavy (non-hydrogen) atoms. The van der Waals surface area contributed by atoms with Gasteiger partial charge in [0.15, 0.2) is 0 Å². The van der Waals surface area contributed by atoms with Crippen LogP contribution in [0.15, 0.2) is 91.0 Å². The summed E-state index contributed by atoms with van der Waals surface area (Å²) in [7, 11) is -2.18. The van der Waals surface area contributed by atoms with Gasteiger partial charge in [-0.2, -0.15) is 13.2 Å². The van der Waals surface area contributed by atoms with Crippen LogP contribution in [0.25, 0.3) is 0 Å². The lowest BCUT2D eigenvalue weighted by Gasteiger charge is -2.41. The molecule has 0 N–H and O–H groups in total. The molecule has 0 aliphatic heterocycles. The lowest BCUT2D eigenvalue weighted by Crippen LogP contribution is -2.78. The SMILES string of the molecule is CN(C(=O)C(F)(F)F)[Si](c1ccccc1)(c1ccccc1)c1ccccc1. The highest BCUT2D eigenvalue weighted by Gasteiger charge is 2.52. The Labute approximate surface area is 157 Å². The van der Waals surface area contributed by atoms with Crippen LogP contribution in [-0.4, -0.2) is 31.9 Å². The first-order valence-corrected chi connectivity index (χ1v) is 10.3. The van der Waals surface area contributed by atoms with Gasteiger partial charge in [0.1, 0.15) is 0 Å². The van der Waals surface area contributed by atoms with Crippen LogP contribution in [0.4, 0.5) is 13.2 Å². The molecule has 138 valence electrons. The standard InChI is InChI=1S/C21H18F3NOSi/c1-25(20(26)21(22,23)24)27(17-11-5-2-6-12-17,18-13-7-3-8-14-18)19-15-9-4-10-16-19/h2-16H,1H3. The van der Waals surface area contributed by atoms with E-state index in [1.807, 2.05) is 18.2 Å². The zero-order valence-corrected chi connectivity index (χ0v) is 15.6. The van der Waals surface area contributed by atoms with Crippen molar-refractivity contribution in [2.45, 2.75) is 6.18 Å². The molecular formula is C21H18F3NOSi. The van der Waals surface area contributed by atoms with E-state index in [1.54, 1.807) is 72.8 Å². The first kappa shape index (κ1) is 18.9. The number of alkyl halides is 3. The van der Waals surface area contributed by atoms with Crippen LogP contribution in [0.3, 0.4) is 0 Å². The summed E-state index contributed by atoms with van der Waals surface area (Å²) in [6.07, 6.45) is -4.95. The number of rotatable bonds is 4. The molecule has 0 heterocycles. The van der Waals surface area contributed by atoms with E-state index in [-0.39, 0.29) is 0 Å². The molecule has 1 amide bonds. The average molecular weight is 385 g/mol. The summed E-state index contributed by atoms with van der Waals surface area (Å²) in [5, 5.41) is 2.13. The molecule has 0 atom stereocenters. The molecule has 0 aromatic heterocycles. The smallest absolute Gasteiger partial charge is 0.352 e. The minimum absolute atomic E-state index is 0.711. The molecule has 0 fully saturated rings. The van der Waals surface area contributed by atoms with Crippen molar-refractivity contribution in [1.29, 1.82) is 0 Å². The van der Waals surface area contributed by atoms with E-state index in [9.17, 15) is 18.0 Å². The molecule has 3 aromatic carbocycles. The van der Waals surface area contributed by atoms with Gasteiger partial charge in [0.2, 0.25) is 0 Å². The normalized spacial score (nSPS) is 11.9. The second kappa shape index (κ2) is 7.40. The Morgan fingerprint density at radius 2 is 1.00 bits per heavy atom. The minimum atomic E-state index is -4.95. The van der Waals surface area contributed by atoms with E-state index in [1.165, 1.54) is 7.05 Å². The van der Waals surface area contributed by atoms with Gasteiger partial charge < -0.3 is 4.57 Å². The van der Waals surface area contributed by atoms with Crippen molar-refractivity contribution in [3.63, 3.8) is 0 Å². The second-order valence-electron chi connectivity index (χ2n) is 6.17. The van der Waals surface area contributed by atoms with Crippen molar-refractivity contribution in [3.8, 4) is 0 Å². The fourth-order valence-electron chi connectivity index (χ4n) is 3.46. The molecule has 0 radical (unpaired) electrons. The number of carbonyl (C=O) groups is 1. The summed E-state index contributed by atoms with van der Waals surface area (Å²) in [5.41, 5.74) is 0. The van der Waals surface area contributed by atoms with Crippen LogP contribution in [0.2, 0.25) is 0 Å². The van der Waals surface area contributed by atoms with Gasteiger partial charge in [-0.05, 0) is 15.6 Å². The highest BCUT2D eigenvalue weighted by Crippen LogP contribution is 2.22. The monoisotopic (exact) mass is 385 g/mol. The van der Waals surface area contributed by atoms with E-state index >= 15 is 0 Å². The molecule has 0 unspecified atom stereocenters. The Balaban J connectivity index is 2.38. The van der Waals surface area contributed by atoms with Crippen molar-refractivity contribution >= 4 is 29.7 Å². The van der Waals surface area contributed by atoms with Crippen molar-refractivity contribution in [1.82, 2.24) is 4.57 Å². The number of hydrogen-bond donors (Lipinski definition) is 0. The molecule has 2 nitrogen and oxygen atoms in total. The lowest BCUT2D eigenvalue weighted by molar-refractivity contribution is -0.179. The van der Waals surface area contributed by atoms with Crippen molar-refractivity contribution in [3.05, 3.63) is 91.0 Å². The summed E-state index contributed by atoms with van der Waals surface area (Å²) in [4.78, 5) is 12.4. The molecule has 0 aliphatic rings. The predicted octanol–water partition coefficient (Wildman–Crippen LogP) is 2.67. The zero-order chi connectivity index (χ0) is 19.5. The van der Waals surface area contributed by atoms with E-state index < -0.39 is 20.3 Å². The highest BCUT2D eigenvalue weighted by molar-refractivity contribution is 7.10. The van der Waals surface area contributed by atoms with Gasteiger partial charge in [0.05, 0.1) is 0 Å². The maximum absolute atomic E-state index is 13.4. The summed E-state index contributed by atoms with van der Waals surface area (Å²) in [6.45, 7) is 0. The average Bonchev–Trinajstić information content (AvgIpc) is 2.70. The molecule has 3 aromatic rings. The quantitative estimate of drug-likeness (QED) is 0.500. The second-order valence-corrected chi connectivity index (χ2v) is 9.99. The van der Waals surface area contributed by atoms with Crippen LogP contribution in [0, 0.1) is 0 Å². The number of nitrogens with zero attached hydrogens (tertiary/aromatic N) is 1. The van der Waals surface area contributed by atoms with Crippen molar-refractivity contribution < 1.29 is 18.0 Å². The van der Waals surface area contributed by atoms with Crippen LogP contribution in [0.1, 0.15) is 0 Å². The number of hydrogen-bond acceptors (Lipinski definition) is 1. The predicted molar refractivity (Wildman–Crippen MR) is 103 cm³/mol. The molecule has 0 bridgehead atoms. The van der Waals surface area contributed by atoms with Crippen LogP contribution in [-0.2, 0) is 4.79 Å². The third-order valence-corrected chi connectivity index (χ3v) is 9.34. The number of benzene rings is 3. The number of amides is 1. The van der Waals surface area contributed by atoms with E-state index in [0.717, 1.165) is 4.57 Å². The molecule has 3 rings (SSSR count). The third kappa shape index (κ3) is 3.40. The van der Waals surface area contributed by atoms with E-state index in [0.29, 0.717) is 15.6 Å². The largest absolute Gasteiger partial charge is 0.470 e. The van der Waals surface area contributed by atoms with Crippen LogP contribution < -0.4 is 15.6 Å². The first-order valence-electron chi connectivity index (χ1n) is 8.40. The van der Waals surface area contributed by atoms with Crippen molar-refractivity contribution in [2.24, 2.45) is 0 Å². The van der Waals surface area contributed by atoms with Gasteiger partial charge in [-0.15, -0.1) is 0 Å². The summed E-state index contributed by atoms with van der Waals surface area (Å²) in [6, 6.07) is 26.9. The van der Waals surface area contributed by atoms with Crippen molar-refractivity contribution in [2.75, 3.05) is 7.05 Å². The van der Waals surface area contributed by atoms with Gasteiger partial charge in [-0.3, -0.25) is 4.79 Å². The number of carbonyl (C=O) groups excluding carboxylic acids is 1.